The Balaban J connectivity index is 2.06. The highest BCUT2D eigenvalue weighted by Crippen LogP contribution is 2.20. The van der Waals surface area contributed by atoms with Crippen LogP contribution in [-0.4, -0.2) is 32.0 Å². The van der Waals surface area contributed by atoms with Crippen LogP contribution in [0, 0.1) is 0 Å². The summed E-state index contributed by atoms with van der Waals surface area (Å²) < 4.78 is 0. The van der Waals surface area contributed by atoms with Gasteiger partial charge in [-0.2, -0.15) is 0 Å². The van der Waals surface area contributed by atoms with Crippen LogP contribution in [0.25, 0.3) is 12.2 Å². The SMILES string of the molecule is CCCCN(CCCC)c1cccc(C=CC(=O)C=Cc2cccc(N(CCCC)CCCC)c2)c1. The minimum Gasteiger partial charge on any atom is -0.372 e. The van der Waals surface area contributed by atoms with Gasteiger partial charge < -0.3 is 9.80 Å². The Kier molecular flexibility index (Phi) is 14.4. The maximum absolute atomic E-state index is 12.6. The maximum atomic E-state index is 12.6. The number of allylic oxidation sites excluding steroid dienone is 2. The minimum absolute atomic E-state index is 0.00782. The quantitative estimate of drug-likeness (QED) is 0.196. The van der Waals surface area contributed by atoms with E-state index >= 15 is 0 Å². The normalized spacial score (nSPS) is 11.4. The molecule has 2 rings (SSSR count). The molecule has 2 aromatic rings. The van der Waals surface area contributed by atoms with Crippen LogP contribution >= 0.6 is 0 Å². The molecule has 3 heteroatoms. The van der Waals surface area contributed by atoms with Gasteiger partial charge in [0.05, 0.1) is 0 Å². The molecule has 0 amide bonds. The second-order valence-corrected chi connectivity index (χ2v) is 9.65. The summed E-state index contributed by atoms with van der Waals surface area (Å²) in [4.78, 5) is 17.5. The molecule has 2 aromatic carbocycles. The number of unbranched alkanes of at least 4 members (excludes halogenated alkanes) is 4. The molecule has 36 heavy (non-hydrogen) atoms. The van der Waals surface area contributed by atoms with Crippen molar-refractivity contribution in [2.75, 3.05) is 36.0 Å². The topological polar surface area (TPSA) is 23.6 Å². The molecule has 0 fully saturated rings. The Morgan fingerprint density at radius 2 is 0.972 bits per heavy atom. The Hall–Kier alpha value is -2.81. The summed E-state index contributed by atoms with van der Waals surface area (Å²) in [5, 5.41) is 0. The molecule has 0 aliphatic rings. The summed E-state index contributed by atoms with van der Waals surface area (Å²) in [5.41, 5.74) is 4.62. The van der Waals surface area contributed by atoms with Gasteiger partial charge in [0.2, 0.25) is 0 Å². The summed E-state index contributed by atoms with van der Waals surface area (Å²) in [7, 11) is 0. The van der Waals surface area contributed by atoms with Crippen LogP contribution in [0.5, 0.6) is 0 Å². The van der Waals surface area contributed by atoms with Crippen molar-refractivity contribution < 1.29 is 4.79 Å². The predicted molar refractivity (Wildman–Crippen MR) is 160 cm³/mol. The zero-order valence-electron chi connectivity index (χ0n) is 23.2. The molecule has 196 valence electrons. The largest absolute Gasteiger partial charge is 0.372 e. The number of hydrogen-bond donors (Lipinski definition) is 0. The fraction of sp³-hybridized carbons (Fsp3) is 0.485. The van der Waals surface area contributed by atoms with Crippen LogP contribution in [-0.2, 0) is 4.79 Å². The van der Waals surface area contributed by atoms with Gasteiger partial charge in [0.1, 0.15) is 0 Å². The molecule has 0 radical (unpaired) electrons. The van der Waals surface area contributed by atoms with Gasteiger partial charge >= 0.3 is 0 Å². The van der Waals surface area contributed by atoms with Crippen LogP contribution < -0.4 is 9.80 Å². The molecule has 0 atom stereocenters. The molecular formula is C33H48N2O. The van der Waals surface area contributed by atoms with Crippen molar-refractivity contribution in [3.05, 3.63) is 71.8 Å². The van der Waals surface area contributed by atoms with Crippen LogP contribution in [0.1, 0.15) is 90.2 Å². The number of nitrogens with zero attached hydrogens (tertiary/aromatic N) is 2. The molecule has 0 spiro atoms. The number of ketones is 1. The summed E-state index contributed by atoms with van der Waals surface area (Å²) in [5.74, 6) is 0.00782. The molecule has 0 bridgehead atoms. The van der Waals surface area contributed by atoms with Crippen LogP contribution in [0.2, 0.25) is 0 Å². The fourth-order valence-electron chi connectivity index (χ4n) is 4.20. The van der Waals surface area contributed by atoms with E-state index in [-0.39, 0.29) is 5.78 Å². The summed E-state index contributed by atoms with van der Waals surface area (Å²) >= 11 is 0. The molecule has 0 aliphatic carbocycles. The van der Waals surface area contributed by atoms with E-state index in [4.69, 9.17) is 0 Å². The molecule has 0 heterocycles. The molecule has 0 saturated heterocycles. The van der Waals surface area contributed by atoms with E-state index in [2.05, 4.69) is 86.0 Å². The summed E-state index contributed by atoms with van der Waals surface area (Å²) in [6, 6.07) is 17.1. The van der Waals surface area contributed by atoms with E-state index in [0.29, 0.717) is 0 Å². The lowest BCUT2D eigenvalue weighted by Gasteiger charge is -2.25. The highest BCUT2D eigenvalue weighted by atomic mass is 16.1. The van der Waals surface area contributed by atoms with Crippen molar-refractivity contribution in [1.29, 1.82) is 0 Å². The number of hydrogen-bond acceptors (Lipinski definition) is 3. The van der Waals surface area contributed by atoms with E-state index in [1.807, 2.05) is 12.2 Å². The van der Waals surface area contributed by atoms with E-state index in [0.717, 1.165) is 37.3 Å². The highest BCUT2D eigenvalue weighted by Gasteiger charge is 2.07. The average Bonchev–Trinajstić information content (AvgIpc) is 2.91. The number of benzene rings is 2. The van der Waals surface area contributed by atoms with Crippen molar-refractivity contribution in [3.63, 3.8) is 0 Å². The molecule has 0 saturated carbocycles. The zero-order valence-corrected chi connectivity index (χ0v) is 23.2. The van der Waals surface area contributed by atoms with Gasteiger partial charge in [-0.25, -0.2) is 0 Å². The van der Waals surface area contributed by atoms with Crippen molar-refractivity contribution in [3.8, 4) is 0 Å². The molecular weight excluding hydrogens is 440 g/mol. The number of carbonyl (C=O) groups is 1. The minimum atomic E-state index is 0.00782. The van der Waals surface area contributed by atoms with Crippen LogP contribution in [0.4, 0.5) is 11.4 Å². The Bertz CT molecular complexity index is 855. The fourth-order valence-corrected chi connectivity index (χ4v) is 4.20. The Morgan fingerprint density at radius 3 is 1.31 bits per heavy atom. The lowest BCUT2D eigenvalue weighted by molar-refractivity contribution is -0.110. The first-order chi connectivity index (χ1) is 17.6. The smallest absolute Gasteiger partial charge is 0.178 e. The third-order valence-electron chi connectivity index (χ3n) is 6.48. The summed E-state index contributed by atoms with van der Waals surface area (Å²) in [6.07, 6.45) is 16.8. The second kappa shape index (κ2) is 17.6. The van der Waals surface area contributed by atoms with Crippen molar-refractivity contribution in [2.45, 2.75) is 79.1 Å². The predicted octanol–water partition coefficient (Wildman–Crippen LogP) is 8.80. The average molecular weight is 489 g/mol. The van der Waals surface area contributed by atoms with E-state index < -0.39 is 0 Å². The van der Waals surface area contributed by atoms with Crippen molar-refractivity contribution in [1.82, 2.24) is 0 Å². The van der Waals surface area contributed by atoms with Gasteiger partial charge in [-0.05, 0) is 73.2 Å². The Labute approximate surface area is 220 Å². The third kappa shape index (κ3) is 10.8. The van der Waals surface area contributed by atoms with E-state index in [1.165, 1.54) is 62.7 Å². The summed E-state index contributed by atoms with van der Waals surface area (Å²) in [6.45, 7) is 13.3. The second-order valence-electron chi connectivity index (χ2n) is 9.65. The number of anilines is 2. The van der Waals surface area contributed by atoms with E-state index in [9.17, 15) is 4.79 Å². The van der Waals surface area contributed by atoms with Gasteiger partial charge in [-0.1, -0.05) is 89.8 Å². The first-order valence-corrected chi connectivity index (χ1v) is 14.2. The number of carbonyl (C=O) groups excluding carboxylic acids is 1. The maximum Gasteiger partial charge on any atom is 0.178 e. The molecule has 0 unspecified atom stereocenters. The van der Waals surface area contributed by atoms with E-state index in [1.54, 1.807) is 12.2 Å². The van der Waals surface area contributed by atoms with Crippen LogP contribution in [0.15, 0.2) is 60.7 Å². The molecule has 0 aliphatic heterocycles. The van der Waals surface area contributed by atoms with Gasteiger partial charge in [-0.15, -0.1) is 0 Å². The van der Waals surface area contributed by atoms with Gasteiger partial charge in [0.25, 0.3) is 0 Å². The first kappa shape index (κ1) is 29.4. The zero-order chi connectivity index (χ0) is 26.0. The third-order valence-corrected chi connectivity index (χ3v) is 6.48. The lowest BCUT2D eigenvalue weighted by Crippen LogP contribution is -2.25. The molecule has 3 nitrogen and oxygen atoms in total. The van der Waals surface area contributed by atoms with Gasteiger partial charge in [0.15, 0.2) is 5.78 Å². The van der Waals surface area contributed by atoms with Crippen molar-refractivity contribution in [2.24, 2.45) is 0 Å². The first-order valence-electron chi connectivity index (χ1n) is 14.2. The molecule has 0 N–H and O–H groups in total. The standard InChI is InChI=1S/C33H48N2O/c1-5-9-23-34(24-10-6-2)31-17-13-15-29(27-31)19-21-33(36)22-20-30-16-14-18-32(28-30)35(25-11-7-3)26-12-8-4/h13-22,27-28H,5-12,23-26H2,1-4H3. The Morgan fingerprint density at radius 1 is 0.611 bits per heavy atom. The van der Waals surface area contributed by atoms with Crippen molar-refractivity contribution >= 4 is 29.3 Å². The molecule has 0 aromatic heterocycles. The monoisotopic (exact) mass is 488 g/mol. The lowest BCUT2D eigenvalue weighted by atomic mass is 10.1. The number of rotatable bonds is 18. The van der Waals surface area contributed by atoms with Crippen LogP contribution in [0.3, 0.4) is 0 Å². The van der Waals surface area contributed by atoms with Gasteiger partial charge in [-0.3, -0.25) is 4.79 Å². The highest BCUT2D eigenvalue weighted by molar-refractivity contribution is 6.04. The van der Waals surface area contributed by atoms with Gasteiger partial charge in [0, 0.05) is 37.6 Å².